The Morgan fingerprint density at radius 2 is 1.75 bits per heavy atom. The lowest BCUT2D eigenvalue weighted by Crippen LogP contribution is -2.06. The number of benzene rings is 1. The summed E-state index contributed by atoms with van der Waals surface area (Å²) in [6.07, 6.45) is -2.26. The van der Waals surface area contributed by atoms with Crippen molar-refractivity contribution in [1.29, 1.82) is 0 Å². The highest BCUT2D eigenvalue weighted by Gasteiger charge is 2.31. The minimum absolute atomic E-state index is 0.0442. The molecule has 4 heteroatoms. The maximum Gasteiger partial charge on any atom is 0.416 e. The van der Waals surface area contributed by atoms with Crippen molar-refractivity contribution in [3.8, 4) is 0 Å². The average molecular weight is 230 g/mol. The van der Waals surface area contributed by atoms with Crippen LogP contribution < -0.4 is 0 Å². The second-order valence-electron chi connectivity index (χ2n) is 4.13. The maximum absolute atomic E-state index is 12.3. The zero-order valence-electron chi connectivity index (χ0n) is 8.92. The summed E-state index contributed by atoms with van der Waals surface area (Å²) in [5, 5.41) is 0. The largest absolute Gasteiger partial charge is 0.416 e. The quantitative estimate of drug-likeness (QED) is 0.709. The zero-order valence-corrected chi connectivity index (χ0v) is 8.92. The van der Waals surface area contributed by atoms with Crippen molar-refractivity contribution < 1.29 is 17.9 Å². The number of halogens is 3. The molecule has 0 radical (unpaired) electrons. The van der Waals surface area contributed by atoms with Crippen molar-refractivity contribution in [3.63, 3.8) is 0 Å². The van der Waals surface area contributed by atoms with Gasteiger partial charge in [0.05, 0.1) is 17.8 Å². The van der Waals surface area contributed by atoms with Crippen LogP contribution in [0.15, 0.2) is 24.3 Å². The molecule has 0 saturated carbocycles. The van der Waals surface area contributed by atoms with Crippen molar-refractivity contribution in [1.82, 2.24) is 0 Å². The Hall–Kier alpha value is -1.03. The van der Waals surface area contributed by atoms with E-state index in [4.69, 9.17) is 4.74 Å². The van der Waals surface area contributed by atoms with Gasteiger partial charge in [0.1, 0.15) is 0 Å². The molecule has 1 aliphatic rings. The van der Waals surface area contributed by atoms with Crippen molar-refractivity contribution in [3.05, 3.63) is 35.4 Å². The van der Waals surface area contributed by atoms with Crippen LogP contribution in [-0.2, 0) is 10.9 Å². The SMILES string of the molecule is C[C@H]1CC[C@@H](c2ccc(C(F)(F)F)cc2)O1. The van der Waals surface area contributed by atoms with E-state index in [0.29, 0.717) is 0 Å². The molecule has 1 aromatic rings. The van der Waals surface area contributed by atoms with Crippen LogP contribution in [0.4, 0.5) is 13.2 Å². The fraction of sp³-hybridized carbons (Fsp3) is 0.500. The van der Waals surface area contributed by atoms with Crippen molar-refractivity contribution in [2.24, 2.45) is 0 Å². The molecule has 1 heterocycles. The summed E-state index contributed by atoms with van der Waals surface area (Å²) in [5.74, 6) is 0. The molecule has 0 aliphatic carbocycles. The summed E-state index contributed by atoms with van der Waals surface area (Å²) in [6.45, 7) is 1.98. The second-order valence-corrected chi connectivity index (χ2v) is 4.13. The summed E-state index contributed by atoms with van der Waals surface area (Å²) in [7, 11) is 0. The third-order valence-corrected chi connectivity index (χ3v) is 2.84. The Balaban J connectivity index is 2.14. The van der Waals surface area contributed by atoms with Gasteiger partial charge in [-0.2, -0.15) is 13.2 Å². The van der Waals surface area contributed by atoms with Gasteiger partial charge in [0.15, 0.2) is 0 Å². The minimum atomic E-state index is -4.26. The zero-order chi connectivity index (χ0) is 11.8. The van der Waals surface area contributed by atoms with E-state index in [9.17, 15) is 13.2 Å². The third kappa shape index (κ3) is 2.38. The third-order valence-electron chi connectivity index (χ3n) is 2.84. The van der Waals surface area contributed by atoms with Crippen molar-refractivity contribution in [2.45, 2.75) is 38.1 Å². The molecular formula is C12H13F3O. The van der Waals surface area contributed by atoms with E-state index < -0.39 is 11.7 Å². The maximum atomic E-state index is 12.3. The molecule has 2 rings (SSSR count). The predicted molar refractivity (Wildman–Crippen MR) is 54.0 cm³/mol. The number of rotatable bonds is 1. The van der Waals surface area contributed by atoms with Crippen LogP contribution >= 0.6 is 0 Å². The highest BCUT2D eigenvalue weighted by atomic mass is 19.4. The van der Waals surface area contributed by atoms with E-state index in [2.05, 4.69) is 0 Å². The Morgan fingerprint density at radius 1 is 1.12 bits per heavy atom. The van der Waals surface area contributed by atoms with E-state index in [1.54, 1.807) is 0 Å². The first-order valence-corrected chi connectivity index (χ1v) is 5.29. The Morgan fingerprint density at radius 3 is 2.19 bits per heavy atom. The van der Waals surface area contributed by atoms with Crippen LogP contribution in [0.25, 0.3) is 0 Å². The molecule has 0 unspecified atom stereocenters. The molecule has 1 aromatic carbocycles. The van der Waals surface area contributed by atoms with Gasteiger partial charge in [-0.1, -0.05) is 12.1 Å². The number of hydrogen-bond acceptors (Lipinski definition) is 1. The second kappa shape index (κ2) is 4.09. The van der Waals surface area contributed by atoms with Gasteiger partial charge in [-0.25, -0.2) is 0 Å². The van der Waals surface area contributed by atoms with Crippen LogP contribution in [0.5, 0.6) is 0 Å². The summed E-state index contributed by atoms with van der Waals surface area (Å²) >= 11 is 0. The molecule has 1 saturated heterocycles. The lowest BCUT2D eigenvalue weighted by atomic mass is 10.0. The van der Waals surface area contributed by atoms with Gasteiger partial charge < -0.3 is 4.74 Å². The van der Waals surface area contributed by atoms with Gasteiger partial charge in [-0.05, 0) is 37.5 Å². The molecule has 1 aliphatic heterocycles. The predicted octanol–water partition coefficient (Wildman–Crippen LogP) is 3.95. The fourth-order valence-corrected chi connectivity index (χ4v) is 1.93. The Bertz CT molecular complexity index is 356. The molecule has 1 nitrogen and oxygen atoms in total. The van der Waals surface area contributed by atoms with Crippen molar-refractivity contribution >= 4 is 0 Å². The summed E-state index contributed by atoms with van der Waals surface area (Å²) in [6, 6.07) is 5.24. The van der Waals surface area contributed by atoms with E-state index >= 15 is 0 Å². The molecule has 0 bridgehead atoms. The monoisotopic (exact) mass is 230 g/mol. The van der Waals surface area contributed by atoms with Crippen molar-refractivity contribution in [2.75, 3.05) is 0 Å². The van der Waals surface area contributed by atoms with Crippen LogP contribution in [0.3, 0.4) is 0 Å². The van der Waals surface area contributed by atoms with Gasteiger partial charge >= 0.3 is 6.18 Å². The van der Waals surface area contributed by atoms with Gasteiger partial charge in [0.25, 0.3) is 0 Å². The van der Waals surface area contributed by atoms with Crippen LogP contribution in [-0.4, -0.2) is 6.10 Å². The molecule has 0 spiro atoms. The molecule has 1 fully saturated rings. The number of alkyl halides is 3. The first-order valence-electron chi connectivity index (χ1n) is 5.29. The van der Waals surface area contributed by atoms with E-state index in [1.807, 2.05) is 6.92 Å². The first-order chi connectivity index (χ1) is 7.47. The number of hydrogen-bond donors (Lipinski definition) is 0. The van der Waals surface area contributed by atoms with Gasteiger partial charge in [-0.3, -0.25) is 0 Å². The molecule has 16 heavy (non-hydrogen) atoms. The highest BCUT2D eigenvalue weighted by molar-refractivity contribution is 5.26. The topological polar surface area (TPSA) is 9.23 Å². The lowest BCUT2D eigenvalue weighted by Gasteiger charge is -2.13. The Labute approximate surface area is 92.2 Å². The summed E-state index contributed by atoms with van der Waals surface area (Å²) < 4.78 is 42.6. The number of ether oxygens (including phenoxy) is 1. The lowest BCUT2D eigenvalue weighted by molar-refractivity contribution is -0.137. The molecule has 2 atom stereocenters. The van der Waals surface area contributed by atoms with Gasteiger partial charge in [0, 0.05) is 0 Å². The first kappa shape index (κ1) is 11.5. The Kier molecular flexibility index (Phi) is 2.93. The smallest absolute Gasteiger partial charge is 0.371 e. The van der Waals surface area contributed by atoms with E-state index in [-0.39, 0.29) is 12.2 Å². The van der Waals surface area contributed by atoms with Crippen LogP contribution in [0.1, 0.15) is 37.0 Å². The normalized spacial score (nSPS) is 26.0. The van der Waals surface area contributed by atoms with Gasteiger partial charge in [-0.15, -0.1) is 0 Å². The van der Waals surface area contributed by atoms with E-state index in [1.165, 1.54) is 12.1 Å². The molecule has 0 N–H and O–H groups in total. The standard InChI is InChI=1S/C12H13F3O/c1-8-2-7-11(16-8)9-3-5-10(6-4-9)12(13,14)15/h3-6,8,11H,2,7H2,1H3/t8-,11-/m0/s1. The molecule has 0 aromatic heterocycles. The van der Waals surface area contributed by atoms with Gasteiger partial charge in [0.2, 0.25) is 0 Å². The molecular weight excluding hydrogens is 217 g/mol. The summed E-state index contributed by atoms with van der Waals surface area (Å²) in [5.41, 5.74) is 0.222. The molecule has 0 amide bonds. The van der Waals surface area contributed by atoms with Crippen LogP contribution in [0, 0.1) is 0 Å². The fourth-order valence-electron chi connectivity index (χ4n) is 1.93. The summed E-state index contributed by atoms with van der Waals surface area (Å²) in [4.78, 5) is 0. The highest BCUT2D eigenvalue weighted by Crippen LogP contribution is 2.34. The van der Waals surface area contributed by atoms with E-state index in [0.717, 1.165) is 30.5 Å². The minimum Gasteiger partial charge on any atom is -0.371 e. The van der Waals surface area contributed by atoms with Crippen LogP contribution in [0.2, 0.25) is 0 Å². The molecule has 88 valence electrons. The average Bonchev–Trinajstić information content (AvgIpc) is 2.64.